The molecule has 0 aliphatic rings. The fourth-order valence-corrected chi connectivity index (χ4v) is 2.93. The van der Waals surface area contributed by atoms with Crippen LogP contribution in [-0.4, -0.2) is 22.1 Å². The first-order valence-corrected chi connectivity index (χ1v) is 8.26. The van der Waals surface area contributed by atoms with Crippen LogP contribution >= 0.6 is 22.9 Å². The molecule has 3 aromatic rings. The van der Waals surface area contributed by atoms with Crippen molar-refractivity contribution in [2.24, 2.45) is 0 Å². The number of halogens is 1. The molecule has 2 heterocycles. The zero-order valence-corrected chi connectivity index (χ0v) is 13.9. The highest BCUT2D eigenvalue weighted by molar-refractivity contribution is 7.08. The van der Waals surface area contributed by atoms with Crippen molar-refractivity contribution in [3.63, 3.8) is 0 Å². The first-order chi connectivity index (χ1) is 10.6. The Morgan fingerprint density at radius 3 is 2.73 bits per heavy atom. The standard InChI is InChI=1S/C16H16ClN3OS/c1-11(12-3-5-14(17)6-4-12)20(2)9-15-18-16(19-21-15)13-7-8-22-10-13/h3-8,10-11H,9H2,1-2H3. The topological polar surface area (TPSA) is 42.2 Å². The van der Waals surface area contributed by atoms with Crippen molar-refractivity contribution < 1.29 is 4.52 Å². The van der Waals surface area contributed by atoms with Crippen LogP contribution in [0.15, 0.2) is 45.6 Å². The van der Waals surface area contributed by atoms with Crippen molar-refractivity contribution in [3.8, 4) is 11.4 Å². The largest absolute Gasteiger partial charge is 0.338 e. The van der Waals surface area contributed by atoms with Gasteiger partial charge in [-0.2, -0.15) is 16.3 Å². The Kier molecular flexibility index (Phi) is 4.57. The summed E-state index contributed by atoms with van der Waals surface area (Å²) < 4.78 is 5.34. The molecule has 1 atom stereocenters. The van der Waals surface area contributed by atoms with Gasteiger partial charge in [-0.05, 0) is 43.1 Å². The van der Waals surface area contributed by atoms with Crippen LogP contribution in [0.2, 0.25) is 5.02 Å². The Bertz CT molecular complexity index is 724. The number of hydrogen-bond donors (Lipinski definition) is 0. The number of benzene rings is 1. The van der Waals surface area contributed by atoms with Crippen LogP contribution in [0.1, 0.15) is 24.4 Å². The molecule has 0 aliphatic heterocycles. The van der Waals surface area contributed by atoms with Crippen molar-refractivity contribution in [1.29, 1.82) is 0 Å². The first kappa shape index (κ1) is 15.2. The zero-order chi connectivity index (χ0) is 15.5. The number of thiophene rings is 1. The van der Waals surface area contributed by atoms with Gasteiger partial charge in [-0.25, -0.2) is 0 Å². The Morgan fingerprint density at radius 2 is 2.05 bits per heavy atom. The monoisotopic (exact) mass is 333 g/mol. The molecule has 0 radical (unpaired) electrons. The van der Waals surface area contributed by atoms with Gasteiger partial charge in [-0.1, -0.05) is 28.9 Å². The lowest BCUT2D eigenvalue weighted by Crippen LogP contribution is -2.22. The van der Waals surface area contributed by atoms with Gasteiger partial charge >= 0.3 is 0 Å². The average molecular weight is 334 g/mol. The van der Waals surface area contributed by atoms with Crippen LogP contribution in [0.4, 0.5) is 0 Å². The minimum Gasteiger partial charge on any atom is -0.338 e. The Hall–Kier alpha value is -1.69. The van der Waals surface area contributed by atoms with E-state index in [1.165, 1.54) is 5.56 Å². The summed E-state index contributed by atoms with van der Waals surface area (Å²) in [7, 11) is 2.04. The number of hydrogen-bond acceptors (Lipinski definition) is 5. The van der Waals surface area contributed by atoms with Gasteiger partial charge in [0, 0.05) is 22.0 Å². The summed E-state index contributed by atoms with van der Waals surface area (Å²) in [5.41, 5.74) is 2.19. The molecular formula is C16H16ClN3OS. The summed E-state index contributed by atoms with van der Waals surface area (Å²) in [5.74, 6) is 1.26. The Morgan fingerprint density at radius 1 is 1.27 bits per heavy atom. The minimum atomic E-state index is 0.230. The summed E-state index contributed by atoms with van der Waals surface area (Å²) in [6, 6.07) is 10.1. The van der Waals surface area contributed by atoms with Gasteiger partial charge in [0.15, 0.2) is 0 Å². The number of aromatic nitrogens is 2. The SMILES string of the molecule is CC(c1ccc(Cl)cc1)N(C)Cc1nc(-c2ccsc2)no1. The lowest BCUT2D eigenvalue weighted by atomic mass is 10.1. The summed E-state index contributed by atoms with van der Waals surface area (Å²) in [4.78, 5) is 6.61. The third-order valence-electron chi connectivity index (χ3n) is 3.65. The van der Waals surface area contributed by atoms with Crippen LogP contribution in [-0.2, 0) is 6.54 Å². The molecule has 0 saturated carbocycles. The molecule has 0 fully saturated rings. The molecule has 6 heteroatoms. The van der Waals surface area contributed by atoms with E-state index >= 15 is 0 Å². The quantitative estimate of drug-likeness (QED) is 0.682. The molecule has 1 aromatic carbocycles. The van der Waals surface area contributed by atoms with Crippen LogP contribution in [0.3, 0.4) is 0 Å². The smallest absolute Gasteiger partial charge is 0.241 e. The molecule has 0 N–H and O–H groups in total. The summed E-state index contributed by atoms with van der Waals surface area (Å²) in [6.45, 7) is 2.74. The molecular weight excluding hydrogens is 318 g/mol. The normalized spacial score (nSPS) is 12.7. The first-order valence-electron chi connectivity index (χ1n) is 6.94. The maximum atomic E-state index is 5.93. The minimum absolute atomic E-state index is 0.230. The second kappa shape index (κ2) is 6.60. The lowest BCUT2D eigenvalue weighted by Gasteiger charge is -2.23. The van der Waals surface area contributed by atoms with Crippen LogP contribution in [0.25, 0.3) is 11.4 Å². The lowest BCUT2D eigenvalue weighted by molar-refractivity contribution is 0.216. The predicted molar refractivity (Wildman–Crippen MR) is 88.9 cm³/mol. The van der Waals surface area contributed by atoms with E-state index in [0.717, 1.165) is 10.6 Å². The van der Waals surface area contributed by atoms with Gasteiger partial charge in [-0.3, -0.25) is 4.90 Å². The summed E-state index contributed by atoms with van der Waals surface area (Å²) in [5, 5.41) is 8.79. The highest BCUT2D eigenvalue weighted by Gasteiger charge is 2.16. The molecule has 0 spiro atoms. The van der Waals surface area contributed by atoms with Crippen molar-refractivity contribution >= 4 is 22.9 Å². The molecule has 22 heavy (non-hydrogen) atoms. The van der Waals surface area contributed by atoms with Crippen LogP contribution in [0, 0.1) is 0 Å². The highest BCUT2D eigenvalue weighted by Crippen LogP contribution is 2.23. The number of nitrogens with zero attached hydrogens (tertiary/aromatic N) is 3. The van der Waals surface area contributed by atoms with Crippen molar-refractivity contribution in [3.05, 3.63) is 57.6 Å². The van der Waals surface area contributed by atoms with Crippen molar-refractivity contribution in [1.82, 2.24) is 15.0 Å². The van der Waals surface area contributed by atoms with Gasteiger partial charge in [-0.15, -0.1) is 0 Å². The van der Waals surface area contributed by atoms with Gasteiger partial charge in [0.1, 0.15) is 0 Å². The van der Waals surface area contributed by atoms with Gasteiger partial charge in [0.2, 0.25) is 11.7 Å². The van der Waals surface area contributed by atoms with E-state index in [-0.39, 0.29) is 6.04 Å². The van der Waals surface area contributed by atoms with E-state index in [1.807, 2.05) is 48.1 Å². The fraction of sp³-hybridized carbons (Fsp3) is 0.250. The molecule has 114 valence electrons. The van der Waals surface area contributed by atoms with Gasteiger partial charge in [0.25, 0.3) is 0 Å². The average Bonchev–Trinajstić information content (AvgIpc) is 3.18. The second-order valence-electron chi connectivity index (χ2n) is 5.17. The van der Waals surface area contributed by atoms with E-state index < -0.39 is 0 Å². The van der Waals surface area contributed by atoms with Crippen LogP contribution < -0.4 is 0 Å². The third kappa shape index (κ3) is 3.38. The molecule has 2 aromatic heterocycles. The molecule has 1 unspecified atom stereocenters. The van der Waals surface area contributed by atoms with Gasteiger partial charge in [0.05, 0.1) is 6.54 Å². The van der Waals surface area contributed by atoms with E-state index in [2.05, 4.69) is 22.0 Å². The maximum absolute atomic E-state index is 5.93. The molecule has 0 amide bonds. The maximum Gasteiger partial charge on any atom is 0.241 e. The highest BCUT2D eigenvalue weighted by atomic mass is 35.5. The van der Waals surface area contributed by atoms with Crippen molar-refractivity contribution in [2.45, 2.75) is 19.5 Å². The summed E-state index contributed by atoms with van der Waals surface area (Å²) >= 11 is 7.55. The van der Waals surface area contributed by atoms with E-state index in [4.69, 9.17) is 16.1 Å². The van der Waals surface area contributed by atoms with E-state index in [1.54, 1.807) is 11.3 Å². The third-order valence-corrected chi connectivity index (χ3v) is 4.58. The van der Waals surface area contributed by atoms with E-state index in [0.29, 0.717) is 18.3 Å². The Balaban J connectivity index is 1.68. The molecule has 0 aliphatic carbocycles. The summed E-state index contributed by atoms with van der Waals surface area (Å²) in [6.07, 6.45) is 0. The zero-order valence-electron chi connectivity index (χ0n) is 12.4. The van der Waals surface area contributed by atoms with E-state index in [9.17, 15) is 0 Å². The van der Waals surface area contributed by atoms with Gasteiger partial charge < -0.3 is 4.52 Å². The molecule has 0 bridgehead atoms. The fourth-order valence-electron chi connectivity index (χ4n) is 2.17. The second-order valence-corrected chi connectivity index (χ2v) is 6.38. The molecule has 0 saturated heterocycles. The van der Waals surface area contributed by atoms with Crippen LogP contribution in [0.5, 0.6) is 0 Å². The van der Waals surface area contributed by atoms with Crippen molar-refractivity contribution in [2.75, 3.05) is 7.05 Å². The predicted octanol–water partition coefficient (Wildman–Crippen LogP) is 4.64. The molecule has 3 rings (SSSR count). The molecule has 4 nitrogen and oxygen atoms in total. The Labute approximate surface area is 138 Å². The number of rotatable bonds is 5.